The highest BCUT2D eigenvalue weighted by Crippen LogP contribution is 2.05. The molecule has 0 spiro atoms. The van der Waals surface area contributed by atoms with Gasteiger partial charge in [0.25, 0.3) is 0 Å². The third-order valence-electron chi connectivity index (χ3n) is 2.57. The molecule has 1 N–H and O–H groups in total. The summed E-state index contributed by atoms with van der Waals surface area (Å²) >= 11 is 0. The Morgan fingerprint density at radius 2 is 2.00 bits per heavy atom. The van der Waals surface area contributed by atoms with Crippen LogP contribution in [0.3, 0.4) is 0 Å². The van der Waals surface area contributed by atoms with Crippen molar-refractivity contribution in [1.82, 2.24) is 5.32 Å². The van der Waals surface area contributed by atoms with E-state index in [4.69, 9.17) is 4.74 Å². The molecule has 16 heavy (non-hydrogen) atoms. The Balaban J connectivity index is 2.05. The van der Waals surface area contributed by atoms with Crippen molar-refractivity contribution in [2.45, 2.75) is 33.2 Å². The van der Waals surface area contributed by atoms with Gasteiger partial charge in [-0.15, -0.1) is 0 Å². The maximum absolute atomic E-state index is 5.42. The van der Waals surface area contributed by atoms with Crippen molar-refractivity contribution in [3.63, 3.8) is 0 Å². The number of benzene rings is 1. The van der Waals surface area contributed by atoms with Crippen molar-refractivity contribution in [3.8, 4) is 0 Å². The average Bonchev–Trinajstić information content (AvgIpc) is 2.30. The standard InChI is InChI=1S/C14H23NO/c1-3-10-16-11-6-9-15-12-14-8-5-4-7-13(14)2/h4-5,7-8,15H,3,6,9-12H2,1-2H3. The largest absolute Gasteiger partial charge is 0.381 e. The molecule has 1 rings (SSSR count). The second kappa shape index (κ2) is 8.31. The Bertz CT molecular complexity index is 286. The predicted molar refractivity (Wildman–Crippen MR) is 68.6 cm³/mol. The van der Waals surface area contributed by atoms with Crippen LogP contribution < -0.4 is 5.32 Å². The van der Waals surface area contributed by atoms with Crippen molar-refractivity contribution in [3.05, 3.63) is 35.4 Å². The first-order valence-electron chi connectivity index (χ1n) is 6.17. The van der Waals surface area contributed by atoms with Gasteiger partial charge in [-0.25, -0.2) is 0 Å². The molecule has 0 amide bonds. The molecule has 0 bridgehead atoms. The number of aryl methyl sites for hydroxylation is 1. The average molecular weight is 221 g/mol. The smallest absolute Gasteiger partial charge is 0.0478 e. The summed E-state index contributed by atoms with van der Waals surface area (Å²) in [4.78, 5) is 0. The summed E-state index contributed by atoms with van der Waals surface area (Å²) in [7, 11) is 0. The SMILES string of the molecule is CCCOCCCNCc1ccccc1C. The second-order valence-corrected chi connectivity index (χ2v) is 4.07. The van der Waals surface area contributed by atoms with E-state index in [1.807, 2.05) is 0 Å². The lowest BCUT2D eigenvalue weighted by atomic mass is 10.1. The fourth-order valence-corrected chi connectivity index (χ4v) is 1.58. The molecule has 0 saturated carbocycles. The molecule has 0 aliphatic carbocycles. The predicted octanol–water partition coefficient (Wildman–Crippen LogP) is 2.90. The number of hydrogen-bond donors (Lipinski definition) is 1. The minimum absolute atomic E-state index is 0.870. The van der Waals surface area contributed by atoms with E-state index in [1.165, 1.54) is 11.1 Å². The van der Waals surface area contributed by atoms with E-state index in [1.54, 1.807) is 0 Å². The number of rotatable bonds is 8. The van der Waals surface area contributed by atoms with E-state index in [0.29, 0.717) is 0 Å². The Hall–Kier alpha value is -0.860. The molecule has 0 aliphatic rings. The molecule has 0 aliphatic heterocycles. The molecular weight excluding hydrogens is 198 g/mol. The van der Waals surface area contributed by atoms with Gasteiger partial charge in [0.15, 0.2) is 0 Å². The van der Waals surface area contributed by atoms with E-state index in [9.17, 15) is 0 Å². The molecule has 0 heterocycles. The van der Waals surface area contributed by atoms with Crippen LogP contribution in [0.15, 0.2) is 24.3 Å². The van der Waals surface area contributed by atoms with Crippen molar-refractivity contribution in [2.75, 3.05) is 19.8 Å². The number of hydrogen-bond acceptors (Lipinski definition) is 2. The van der Waals surface area contributed by atoms with Crippen LogP contribution in [0.25, 0.3) is 0 Å². The van der Waals surface area contributed by atoms with Gasteiger partial charge in [-0.3, -0.25) is 0 Å². The van der Waals surface area contributed by atoms with Gasteiger partial charge in [-0.05, 0) is 37.4 Å². The minimum Gasteiger partial charge on any atom is -0.381 e. The lowest BCUT2D eigenvalue weighted by Crippen LogP contribution is -2.17. The normalized spacial score (nSPS) is 10.6. The lowest BCUT2D eigenvalue weighted by Gasteiger charge is -2.07. The number of nitrogens with one attached hydrogen (secondary N) is 1. The Labute approximate surface area is 99.0 Å². The van der Waals surface area contributed by atoms with Crippen LogP contribution in [0.2, 0.25) is 0 Å². The first-order chi connectivity index (χ1) is 7.84. The topological polar surface area (TPSA) is 21.3 Å². The van der Waals surface area contributed by atoms with Crippen LogP contribution in [-0.2, 0) is 11.3 Å². The Morgan fingerprint density at radius 3 is 2.75 bits per heavy atom. The van der Waals surface area contributed by atoms with Crippen molar-refractivity contribution in [2.24, 2.45) is 0 Å². The third kappa shape index (κ3) is 5.29. The van der Waals surface area contributed by atoms with Crippen LogP contribution >= 0.6 is 0 Å². The summed E-state index contributed by atoms with van der Waals surface area (Å²) in [5.41, 5.74) is 2.74. The second-order valence-electron chi connectivity index (χ2n) is 4.07. The fraction of sp³-hybridized carbons (Fsp3) is 0.571. The molecule has 0 unspecified atom stereocenters. The molecule has 2 nitrogen and oxygen atoms in total. The van der Waals surface area contributed by atoms with Gasteiger partial charge < -0.3 is 10.1 Å². The van der Waals surface area contributed by atoms with Gasteiger partial charge in [0.05, 0.1) is 0 Å². The Kier molecular flexibility index (Phi) is 6.86. The molecule has 2 heteroatoms. The van der Waals surface area contributed by atoms with E-state index in [-0.39, 0.29) is 0 Å². The summed E-state index contributed by atoms with van der Waals surface area (Å²) in [6.45, 7) is 8.03. The van der Waals surface area contributed by atoms with Gasteiger partial charge in [0, 0.05) is 19.8 Å². The van der Waals surface area contributed by atoms with E-state index in [0.717, 1.165) is 39.1 Å². The summed E-state index contributed by atoms with van der Waals surface area (Å²) < 4.78 is 5.42. The lowest BCUT2D eigenvalue weighted by molar-refractivity contribution is 0.132. The molecule has 1 aromatic rings. The zero-order valence-corrected chi connectivity index (χ0v) is 10.5. The minimum atomic E-state index is 0.870. The third-order valence-corrected chi connectivity index (χ3v) is 2.57. The van der Waals surface area contributed by atoms with Crippen LogP contribution in [-0.4, -0.2) is 19.8 Å². The van der Waals surface area contributed by atoms with E-state index >= 15 is 0 Å². The quantitative estimate of drug-likeness (QED) is 0.682. The van der Waals surface area contributed by atoms with Crippen molar-refractivity contribution >= 4 is 0 Å². The maximum atomic E-state index is 5.42. The van der Waals surface area contributed by atoms with Gasteiger partial charge in [0.1, 0.15) is 0 Å². The van der Waals surface area contributed by atoms with Crippen molar-refractivity contribution < 1.29 is 4.74 Å². The maximum Gasteiger partial charge on any atom is 0.0478 e. The molecule has 0 aromatic heterocycles. The summed E-state index contributed by atoms with van der Waals surface area (Å²) in [6, 6.07) is 8.50. The van der Waals surface area contributed by atoms with Crippen LogP contribution in [0.5, 0.6) is 0 Å². The highest BCUT2D eigenvalue weighted by molar-refractivity contribution is 5.25. The zero-order valence-electron chi connectivity index (χ0n) is 10.5. The molecule has 1 aromatic carbocycles. The molecule has 90 valence electrons. The van der Waals surface area contributed by atoms with E-state index in [2.05, 4.69) is 43.4 Å². The highest BCUT2D eigenvalue weighted by atomic mass is 16.5. The highest BCUT2D eigenvalue weighted by Gasteiger charge is 1.95. The molecule has 0 saturated heterocycles. The van der Waals surface area contributed by atoms with Gasteiger partial charge >= 0.3 is 0 Å². The zero-order chi connectivity index (χ0) is 11.6. The van der Waals surface area contributed by atoms with Crippen LogP contribution in [0, 0.1) is 6.92 Å². The summed E-state index contributed by atoms with van der Waals surface area (Å²) in [6.07, 6.45) is 2.20. The fourth-order valence-electron chi connectivity index (χ4n) is 1.58. The molecular formula is C14H23NO. The van der Waals surface area contributed by atoms with Crippen molar-refractivity contribution in [1.29, 1.82) is 0 Å². The van der Waals surface area contributed by atoms with Crippen LogP contribution in [0.4, 0.5) is 0 Å². The van der Waals surface area contributed by atoms with E-state index < -0.39 is 0 Å². The summed E-state index contributed by atoms with van der Waals surface area (Å²) in [5.74, 6) is 0. The molecule has 0 atom stereocenters. The van der Waals surface area contributed by atoms with Gasteiger partial charge in [0.2, 0.25) is 0 Å². The summed E-state index contributed by atoms with van der Waals surface area (Å²) in [5, 5.41) is 3.44. The Morgan fingerprint density at radius 1 is 1.19 bits per heavy atom. The first kappa shape index (κ1) is 13.2. The molecule has 0 radical (unpaired) electrons. The first-order valence-corrected chi connectivity index (χ1v) is 6.17. The monoisotopic (exact) mass is 221 g/mol. The van der Waals surface area contributed by atoms with Gasteiger partial charge in [-0.2, -0.15) is 0 Å². The van der Waals surface area contributed by atoms with Crippen LogP contribution in [0.1, 0.15) is 30.9 Å². The molecule has 0 fully saturated rings. The van der Waals surface area contributed by atoms with Gasteiger partial charge in [-0.1, -0.05) is 31.2 Å². The number of ether oxygens (including phenoxy) is 1.